The molecule has 0 spiro atoms. The van der Waals surface area contributed by atoms with Gasteiger partial charge in [-0.3, -0.25) is 5.10 Å². The normalized spacial score (nSPS) is 10.7. The second kappa shape index (κ2) is 6.83. The van der Waals surface area contributed by atoms with Gasteiger partial charge >= 0.3 is 5.97 Å². The van der Waals surface area contributed by atoms with Gasteiger partial charge in [-0.15, -0.1) is 0 Å². The molecule has 1 N–H and O–H groups in total. The van der Waals surface area contributed by atoms with Crippen molar-refractivity contribution >= 4 is 5.97 Å². The zero-order valence-corrected chi connectivity index (χ0v) is 11.7. The van der Waals surface area contributed by atoms with Crippen LogP contribution in [0.2, 0.25) is 0 Å². The minimum atomic E-state index is -0.501. The highest BCUT2D eigenvalue weighted by Gasteiger charge is 2.14. The third kappa shape index (κ3) is 3.66. The monoisotopic (exact) mass is 278 g/mol. The first-order valence-electron chi connectivity index (χ1n) is 6.75. The van der Waals surface area contributed by atoms with E-state index in [1.54, 1.807) is 6.07 Å². The van der Waals surface area contributed by atoms with Crippen LogP contribution in [-0.4, -0.2) is 26.3 Å². The van der Waals surface area contributed by atoms with Crippen LogP contribution < -0.4 is 0 Å². The number of carbonyl (C=O) groups is 1. The van der Waals surface area contributed by atoms with Crippen molar-refractivity contribution in [1.29, 1.82) is 0 Å². The molecule has 2 rings (SSSR count). The van der Waals surface area contributed by atoms with Crippen LogP contribution in [0.5, 0.6) is 0 Å². The first-order valence-corrected chi connectivity index (χ1v) is 6.75. The molecule has 2 aromatic heterocycles. The summed E-state index contributed by atoms with van der Waals surface area (Å²) in [6.45, 7) is 4.05. The molecule has 2 aromatic rings. The maximum Gasteiger partial charge on any atom is 0.359 e. The van der Waals surface area contributed by atoms with Crippen molar-refractivity contribution in [1.82, 2.24) is 20.3 Å². The standard InChI is InChI=1S/C13H18N4O3/c1-3-5-9-7-10(16-15-9)13(18)19-8-12-14-11(6-4-2)17-20-12/h7H,3-6,8H2,1-2H3,(H,15,16). The Morgan fingerprint density at radius 1 is 1.35 bits per heavy atom. The molecule has 0 saturated carbocycles. The quantitative estimate of drug-likeness (QED) is 0.779. The van der Waals surface area contributed by atoms with Crippen LogP contribution in [0.15, 0.2) is 10.6 Å². The highest BCUT2D eigenvalue weighted by atomic mass is 16.6. The Morgan fingerprint density at radius 3 is 2.90 bits per heavy atom. The van der Waals surface area contributed by atoms with Crippen molar-refractivity contribution in [2.75, 3.05) is 0 Å². The molecule has 7 heteroatoms. The SMILES string of the molecule is CCCc1noc(COC(=O)c2cc(CCC)[nH]n2)n1. The molecule has 0 amide bonds. The van der Waals surface area contributed by atoms with Crippen molar-refractivity contribution in [3.8, 4) is 0 Å². The molecule has 20 heavy (non-hydrogen) atoms. The fraction of sp³-hybridized carbons (Fsp3) is 0.538. The van der Waals surface area contributed by atoms with E-state index in [0.29, 0.717) is 11.7 Å². The van der Waals surface area contributed by atoms with Gasteiger partial charge in [-0.1, -0.05) is 25.4 Å². The van der Waals surface area contributed by atoms with Gasteiger partial charge in [0.2, 0.25) is 0 Å². The van der Waals surface area contributed by atoms with Crippen molar-refractivity contribution in [2.24, 2.45) is 0 Å². The molecule has 108 valence electrons. The van der Waals surface area contributed by atoms with E-state index in [1.165, 1.54) is 0 Å². The third-order valence-electron chi connectivity index (χ3n) is 2.67. The van der Waals surface area contributed by atoms with Crippen LogP contribution in [0.3, 0.4) is 0 Å². The molecular weight excluding hydrogens is 260 g/mol. The zero-order valence-electron chi connectivity index (χ0n) is 11.7. The number of hydrogen-bond acceptors (Lipinski definition) is 6. The van der Waals surface area contributed by atoms with Crippen LogP contribution in [0.4, 0.5) is 0 Å². The first-order chi connectivity index (χ1) is 9.72. The van der Waals surface area contributed by atoms with Crippen LogP contribution in [0.25, 0.3) is 0 Å². The van der Waals surface area contributed by atoms with Crippen LogP contribution in [0.1, 0.15) is 54.6 Å². The minimum absolute atomic E-state index is 0.0362. The second-order valence-electron chi connectivity index (χ2n) is 4.46. The second-order valence-corrected chi connectivity index (χ2v) is 4.46. The van der Waals surface area contributed by atoms with E-state index in [1.807, 2.05) is 6.92 Å². The molecule has 7 nitrogen and oxygen atoms in total. The summed E-state index contributed by atoms with van der Waals surface area (Å²) < 4.78 is 10.1. The van der Waals surface area contributed by atoms with Gasteiger partial charge in [-0.05, 0) is 18.9 Å². The van der Waals surface area contributed by atoms with Gasteiger partial charge in [0.25, 0.3) is 5.89 Å². The Hall–Kier alpha value is -2.18. The van der Waals surface area contributed by atoms with Crippen molar-refractivity contribution in [3.63, 3.8) is 0 Å². The number of hydrogen-bond donors (Lipinski definition) is 1. The highest BCUT2D eigenvalue weighted by Crippen LogP contribution is 2.07. The molecule has 0 fully saturated rings. The summed E-state index contributed by atoms with van der Waals surface area (Å²) in [4.78, 5) is 15.9. The van der Waals surface area contributed by atoms with Crippen LogP contribution >= 0.6 is 0 Å². The maximum absolute atomic E-state index is 11.8. The zero-order chi connectivity index (χ0) is 14.4. The Kier molecular flexibility index (Phi) is 4.86. The largest absolute Gasteiger partial charge is 0.451 e. The number of H-pyrrole nitrogens is 1. The van der Waals surface area contributed by atoms with Crippen molar-refractivity contribution in [3.05, 3.63) is 29.2 Å². The molecule has 0 aromatic carbocycles. The Balaban J connectivity index is 1.87. The van der Waals surface area contributed by atoms with Crippen LogP contribution in [0, 0.1) is 0 Å². The lowest BCUT2D eigenvalue weighted by Crippen LogP contribution is -2.06. The van der Waals surface area contributed by atoms with Crippen molar-refractivity contribution in [2.45, 2.75) is 46.1 Å². The number of nitrogens with zero attached hydrogens (tertiary/aromatic N) is 3. The lowest BCUT2D eigenvalue weighted by atomic mass is 10.2. The Bertz CT molecular complexity index is 561. The van der Waals surface area contributed by atoms with Gasteiger partial charge in [0.15, 0.2) is 18.1 Å². The molecule has 2 heterocycles. The van der Waals surface area contributed by atoms with E-state index in [9.17, 15) is 4.79 Å². The smallest absolute Gasteiger partial charge is 0.359 e. The molecule has 0 radical (unpaired) electrons. The summed E-state index contributed by atoms with van der Waals surface area (Å²) >= 11 is 0. The number of ether oxygens (including phenoxy) is 1. The Morgan fingerprint density at radius 2 is 2.15 bits per heavy atom. The lowest BCUT2D eigenvalue weighted by Gasteiger charge is -1.97. The fourth-order valence-electron chi connectivity index (χ4n) is 1.74. The van der Waals surface area contributed by atoms with Gasteiger partial charge in [0.05, 0.1) is 0 Å². The molecular formula is C13H18N4O3. The molecule has 0 unspecified atom stereocenters. The lowest BCUT2D eigenvalue weighted by molar-refractivity contribution is 0.0423. The van der Waals surface area contributed by atoms with Gasteiger partial charge in [-0.25, -0.2) is 4.79 Å². The van der Waals surface area contributed by atoms with Gasteiger partial charge in [-0.2, -0.15) is 10.1 Å². The summed E-state index contributed by atoms with van der Waals surface area (Å²) in [6, 6.07) is 1.70. The summed E-state index contributed by atoms with van der Waals surface area (Å²) in [5.41, 5.74) is 1.18. The molecule has 0 bridgehead atoms. The summed E-state index contributed by atoms with van der Waals surface area (Å²) in [5, 5.41) is 10.5. The number of aromatic amines is 1. The predicted molar refractivity (Wildman–Crippen MR) is 70.0 cm³/mol. The molecule has 0 saturated heterocycles. The number of aromatic nitrogens is 4. The predicted octanol–water partition coefficient (Wildman–Crippen LogP) is 2.05. The fourth-order valence-corrected chi connectivity index (χ4v) is 1.74. The van der Waals surface area contributed by atoms with E-state index in [2.05, 4.69) is 27.3 Å². The van der Waals surface area contributed by atoms with E-state index >= 15 is 0 Å². The molecule has 0 aliphatic heterocycles. The maximum atomic E-state index is 11.8. The summed E-state index contributed by atoms with van der Waals surface area (Å²) in [5.74, 6) is 0.425. The van der Waals surface area contributed by atoms with Crippen molar-refractivity contribution < 1.29 is 14.1 Å². The number of esters is 1. The van der Waals surface area contributed by atoms with Gasteiger partial charge < -0.3 is 9.26 Å². The van der Waals surface area contributed by atoms with Crippen LogP contribution in [-0.2, 0) is 24.2 Å². The number of aryl methyl sites for hydroxylation is 2. The summed E-state index contributed by atoms with van der Waals surface area (Å²) in [6.07, 6.45) is 3.52. The summed E-state index contributed by atoms with van der Waals surface area (Å²) in [7, 11) is 0. The minimum Gasteiger partial charge on any atom is -0.451 e. The third-order valence-corrected chi connectivity index (χ3v) is 2.67. The van der Waals surface area contributed by atoms with Gasteiger partial charge in [0.1, 0.15) is 0 Å². The number of nitrogens with one attached hydrogen (secondary N) is 1. The van der Waals surface area contributed by atoms with E-state index in [4.69, 9.17) is 9.26 Å². The number of carbonyl (C=O) groups excluding carboxylic acids is 1. The number of rotatable bonds is 7. The topological polar surface area (TPSA) is 93.9 Å². The van der Waals surface area contributed by atoms with E-state index in [0.717, 1.165) is 31.4 Å². The van der Waals surface area contributed by atoms with Gasteiger partial charge in [0, 0.05) is 12.1 Å². The average molecular weight is 278 g/mol. The first kappa shape index (κ1) is 14.2. The average Bonchev–Trinajstić information content (AvgIpc) is 3.06. The molecule has 0 atom stereocenters. The molecule has 0 aliphatic carbocycles. The van der Waals surface area contributed by atoms with E-state index < -0.39 is 5.97 Å². The highest BCUT2D eigenvalue weighted by molar-refractivity contribution is 5.87. The molecule has 0 aliphatic rings. The van der Waals surface area contributed by atoms with E-state index in [-0.39, 0.29) is 12.3 Å². The Labute approximate surface area is 116 Å².